The fourth-order valence-electron chi connectivity index (χ4n) is 4.16. The van der Waals surface area contributed by atoms with Crippen LogP contribution in [-0.2, 0) is 12.3 Å². The summed E-state index contributed by atoms with van der Waals surface area (Å²) in [4.78, 5) is 18.6. The van der Waals surface area contributed by atoms with Crippen molar-refractivity contribution in [2.75, 3.05) is 5.32 Å². The zero-order chi connectivity index (χ0) is 25.6. The maximum absolute atomic E-state index is 13.3. The van der Waals surface area contributed by atoms with Gasteiger partial charge >= 0.3 is 0 Å². The van der Waals surface area contributed by atoms with Gasteiger partial charge in [-0.2, -0.15) is 5.10 Å². The molecule has 0 radical (unpaired) electrons. The normalized spacial score (nSPS) is 11.1. The molecule has 2 heterocycles. The van der Waals surface area contributed by atoms with Crippen LogP contribution in [0.25, 0.3) is 22.2 Å². The maximum Gasteiger partial charge on any atom is 0.256 e. The first-order valence-corrected chi connectivity index (χ1v) is 13.7. The summed E-state index contributed by atoms with van der Waals surface area (Å²) >= 11 is 8.43. The Balaban J connectivity index is 1.39. The predicted molar refractivity (Wildman–Crippen MR) is 153 cm³/mol. The molecule has 0 aliphatic rings. The summed E-state index contributed by atoms with van der Waals surface area (Å²) in [5, 5.41) is 9.50. The van der Waals surface area contributed by atoms with E-state index < -0.39 is 0 Å². The number of amides is 1. The number of hydrogen-bond acceptors (Lipinski definition) is 4. The molecular weight excluding hydrogens is 500 g/mol. The smallest absolute Gasteiger partial charge is 0.256 e. The summed E-state index contributed by atoms with van der Waals surface area (Å²) in [5.74, 6) is 0.421. The Morgan fingerprint density at radius 3 is 2.59 bits per heavy atom. The fourth-order valence-corrected chi connectivity index (χ4v) is 5.58. The molecule has 186 valence electrons. The van der Waals surface area contributed by atoms with Crippen molar-refractivity contribution in [3.63, 3.8) is 0 Å². The number of rotatable bonds is 9. The van der Waals surface area contributed by atoms with Gasteiger partial charge in [-0.25, -0.2) is 0 Å². The Bertz CT molecular complexity index is 1530. The Morgan fingerprint density at radius 1 is 1.00 bits per heavy atom. The third kappa shape index (κ3) is 5.71. The molecule has 1 amide bonds. The largest absolute Gasteiger partial charge is 0.321 e. The molecule has 2 aromatic heterocycles. The molecule has 0 aliphatic heterocycles. The zero-order valence-electron chi connectivity index (χ0n) is 20.5. The molecule has 5 aromatic rings. The van der Waals surface area contributed by atoms with Gasteiger partial charge in [0.05, 0.1) is 28.7 Å². The molecule has 7 heteroatoms. The number of benzene rings is 3. The molecule has 0 saturated heterocycles. The summed E-state index contributed by atoms with van der Waals surface area (Å²) in [6.07, 6.45) is 3.76. The van der Waals surface area contributed by atoms with Crippen molar-refractivity contribution in [1.82, 2.24) is 14.8 Å². The summed E-state index contributed by atoms with van der Waals surface area (Å²) in [7, 11) is 0. The van der Waals surface area contributed by atoms with Crippen LogP contribution in [0, 0.1) is 0 Å². The number of thioether (sulfide) groups is 1. The lowest BCUT2D eigenvalue weighted by Crippen LogP contribution is -2.13. The first-order chi connectivity index (χ1) is 18.1. The predicted octanol–water partition coefficient (Wildman–Crippen LogP) is 8.10. The van der Waals surface area contributed by atoms with Crippen LogP contribution in [0.3, 0.4) is 0 Å². The van der Waals surface area contributed by atoms with E-state index in [2.05, 4.69) is 29.4 Å². The quantitative estimate of drug-likeness (QED) is 0.197. The highest BCUT2D eigenvalue weighted by Gasteiger charge is 2.19. The van der Waals surface area contributed by atoms with Crippen molar-refractivity contribution in [3.8, 4) is 11.3 Å². The minimum atomic E-state index is -0.173. The highest BCUT2D eigenvalue weighted by molar-refractivity contribution is 7.98. The van der Waals surface area contributed by atoms with Gasteiger partial charge < -0.3 is 5.32 Å². The SMILES string of the molecule is CCCCn1nc(-c2ccccc2)c(CSc2ccccc2C(=O)Nc2cnc3ccccc3c2)c1Cl. The first-order valence-electron chi connectivity index (χ1n) is 12.3. The monoisotopic (exact) mass is 526 g/mol. The van der Waals surface area contributed by atoms with Gasteiger partial charge in [0.15, 0.2) is 0 Å². The van der Waals surface area contributed by atoms with Crippen LogP contribution >= 0.6 is 23.4 Å². The van der Waals surface area contributed by atoms with E-state index in [1.54, 1.807) is 18.0 Å². The van der Waals surface area contributed by atoms with Crippen molar-refractivity contribution in [3.05, 3.63) is 107 Å². The number of nitrogens with one attached hydrogen (secondary N) is 1. The molecule has 1 N–H and O–H groups in total. The Labute approximate surface area is 225 Å². The Morgan fingerprint density at radius 2 is 1.76 bits per heavy atom. The van der Waals surface area contributed by atoms with Gasteiger partial charge in [0.25, 0.3) is 5.91 Å². The van der Waals surface area contributed by atoms with Crippen LogP contribution in [-0.4, -0.2) is 20.7 Å². The first kappa shape index (κ1) is 25.1. The lowest BCUT2D eigenvalue weighted by molar-refractivity contribution is 0.102. The molecule has 0 atom stereocenters. The third-order valence-corrected chi connectivity index (χ3v) is 7.63. The number of carbonyl (C=O) groups is 1. The number of anilines is 1. The second-order valence-electron chi connectivity index (χ2n) is 8.72. The second-order valence-corrected chi connectivity index (χ2v) is 10.1. The van der Waals surface area contributed by atoms with Crippen molar-refractivity contribution in [1.29, 1.82) is 0 Å². The molecule has 37 heavy (non-hydrogen) atoms. The van der Waals surface area contributed by atoms with E-state index in [1.807, 2.05) is 77.5 Å². The van der Waals surface area contributed by atoms with Crippen LogP contribution in [0.5, 0.6) is 0 Å². The summed E-state index contributed by atoms with van der Waals surface area (Å²) in [6, 6.07) is 27.5. The molecule has 0 unspecified atom stereocenters. The number of carbonyl (C=O) groups excluding carboxylic acids is 1. The van der Waals surface area contributed by atoms with Gasteiger partial charge in [0.1, 0.15) is 5.15 Å². The average Bonchev–Trinajstić information content (AvgIpc) is 3.26. The van der Waals surface area contributed by atoms with Gasteiger partial charge in [-0.05, 0) is 30.7 Å². The number of hydrogen-bond donors (Lipinski definition) is 1. The third-order valence-electron chi connectivity index (χ3n) is 6.10. The van der Waals surface area contributed by atoms with Crippen LogP contribution in [0.15, 0.2) is 96.0 Å². The van der Waals surface area contributed by atoms with E-state index in [9.17, 15) is 4.79 Å². The fraction of sp³-hybridized carbons (Fsp3) is 0.167. The van der Waals surface area contributed by atoms with E-state index in [0.29, 0.717) is 22.2 Å². The summed E-state index contributed by atoms with van der Waals surface area (Å²) in [6.45, 7) is 2.93. The second kappa shape index (κ2) is 11.6. The van der Waals surface area contributed by atoms with E-state index >= 15 is 0 Å². The number of fused-ring (bicyclic) bond motifs is 1. The Kier molecular flexibility index (Phi) is 7.87. The van der Waals surface area contributed by atoms with E-state index in [4.69, 9.17) is 16.7 Å². The minimum absolute atomic E-state index is 0.173. The minimum Gasteiger partial charge on any atom is -0.321 e. The number of pyridine rings is 1. The molecule has 0 saturated carbocycles. The van der Waals surface area contributed by atoms with Crippen LogP contribution in [0.1, 0.15) is 35.7 Å². The van der Waals surface area contributed by atoms with Crippen molar-refractivity contribution in [2.45, 2.75) is 37.0 Å². The van der Waals surface area contributed by atoms with Crippen LogP contribution in [0.4, 0.5) is 5.69 Å². The number of para-hydroxylation sites is 1. The number of aryl methyl sites for hydroxylation is 1. The lowest BCUT2D eigenvalue weighted by Gasteiger charge is -2.11. The number of unbranched alkanes of at least 4 members (excludes halogenated alkanes) is 1. The lowest BCUT2D eigenvalue weighted by atomic mass is 10.1. The molecule has 3 aromatic carbocycles. The highest BCUT2D eigenvalue weighted by atomic mass is 35.5. The number of aromatic nitrogens is 3. The van der Waals surface area contributed by atoms with Crippen molar-refractivity contribution < 1.29 is 4.79 Å². The van der Waals surface area contributed by atoms with Gasteiger partial charge in [-0.1, -0.05) is 85.6 Å². The number of nitrogens with zero attached hydrogens (tertiary/aromatic N) is 3. The van der Waals surface area contributed by atoms with Crippen LogP contribution < -0.4 is 5.32 Å². The van der Waals surface area contributed by atoms with E-state index in [1.165, 1.54) is 0 Å². The van der Waals surface area contributed by atoms with Gasteiger partial charge in [0.2, 0.25) is 0 Å². The summed E-state index contributed by atoms with van der Waals surface area (Å²) in [5.41, 5.74) is 5.06. The zero-order valence-corrected chi connectivity index (χ0v) is 22.1. The van der Waals surface area contributed by atoms with Gasteiger partial charge in [-0.3, -0.25) is 14.5 Å². The molecule has 0 aliphatic carbocycles. The standard InChI is InChI=1S/C30H27ClN4OS/c1-2-3-17-35-29(31)25(28(34-35)21-11-5-4-6-12-21)20-37-27-16-10-8-14-24(27)30(36)33-23-18-22-13-7-9-15-26(22)32-19-23/h4-16,18-19H,2-3,17,20H2,1H3,(H,33,36). The van der Waals surface area contributed by atoms with Crippen molar-refractivity contribution >= 4 is 45.9 Å². The molecule has 5 nitrogen and oxygen atoms in total. The van der Waals surface area contributed by atoms with Gasteiger partial charge in [0, 0.05) is 33.7 Å². The average molecular weight is 527 g/mol. The van der Waals surface area contributed by atoms with Crippen molar-refractivity contribution in [2.24, 2.45) is 0 Å². The Hall–Kier alpha value is -3.61. The molecule has 0 spiro atoms. The topological polar surface area (TPSA) is 59.8 Å². The highest BCUT2D eigenvalue weighted by Crippen LogP contribution is 2.35. The summed E-state index contributed by atoms with van der Waals surface area (Å²) < 4.78 is 1.90. The van der Waals surface area contributed by atoms with Gasteiger partial charge in [-0.15, -0.1) is 11.8 Å². The molecular formula is C30H27ClN4OS. The van der Waals surface area contributed by atoms with E-state index in [0.717, 1.165) is 52.0 Å². The number of halogens is 1. The van der Waals surface area contributed by atoms with Crippen LogP contribution in [0.2, 0.25) is 5.15 Å². The molecule has 0 fully saturated rings. The van der Waals surface area contributed by atoms with E-state index in [-0.39, 0.29) is 5.91 Å². The molecule has 5 rings (SSSR count). The maximum atomic E-state index is 13.3. The molecule has 0 bridgehead atoms.